The minimum Gasteiger partial charge on any atom is -0.550 e. The number of oxazole rings is 1. The van der Waals surface area contributed by atoms with Crippen molar-refractivity contribution in [2.45, 2.75) is 6.42 Å². The second kappa shape index (κ2) is 7.63. The predicted octanol–water partition coefficient (Wildman–Crippen LogP) is 2.35. The average molecular weight is 363 g/mol. The van der Waals surface area contributed by atoms with E-state index < -0.39 is 5.97 Å². The van der Waals surface area contributed by atoms with E-state index in [4.69, 9.17) is 9.15 Å². The Kier molecular flexibility index (Phi) is 4.89. The number of benzene rings is 2. The molecule has 6 nitrogen and oxygen atoms in total. The predicted molar refractivity (Wildman–Crippen MR) is 101 cm³/mol. The number of nitrogens with zero attached hydrogens (tertiary/aromatic N) is 2. The molecule has 0 N–H and O–H groups in total. The Hall–Kier alpha value is -3.12. The summed E-state index contributed by atoms with van der Waals surface area (Å²) in [7, 11) is 0. The Morgan fingerprint density at radius 3 is 2.56 bits per heavy atom. The van der Waals surface area contributed by atoms with E-state index >= 15 is 0 Å². The molecule has 6 heteroatoms. The van der Waals surface area contributed by atoms with Crippen molar-refractivity contribution < 1.29 is 19.1 Å². The smallest absolute Gasteiger partial charge is 0.223 e. The van der Waals surface area contributed by atoms with Crippen molar-refractivity contribution in [3.63, 3.8) is 0 Å². The fourth-order valence-electron chi connectivity index (χ4n) is 3.16. The second-order valence-corrected chi connectivity index (χ2v) is 6.40. The molecular formula is C21H19N2O4-. The highest BCUT2D eigenvalue weighted by Crippen LogP contribution is 2.26. The lowest BCUT2D eigenvalue weighted by Crippen LogP contribution is -2.36. The summed E-state index contributed by atoms with van der Waals surface area (Å²) in [6.07, 6.45) is 1.52. The van der Waals surface area contributed by atoms with Crippen LogP contribution in [0.15, 0.2) is 52.9 Å². The van der Waals surface area contributed by atoms with Gasteiger partial charge in [-0.25, -0.2) is 4.98 Å². The molecule has 0 aliphatic carbocycles. The Bertz CT molecular complexity index is 936. The maximum atomic E-state index is 11.2. The van der Waals surface area contributed by atoms with Gasteiger partial charge >= 0.3 is 0 Å². The molecule has 1 saturated heterocycles. The first-order valence-corrected chi connectivity index (χ1v) is 8.88. The zero-order valence-electron chi connectivity index (χ0n) is 14.8. The Morgan fingerprint density at radius 2 is 1.85 bits per heavy atom. The number of hydrogen-bond acceptors (Lipinski definition) is 6. The van der Waals surface area contributed by atoms with Gasteiger partial charge in [0.1, 0.15) is 5.52 Å². The summed E-state index contributed by atoms with van der Waals surface area (Å²) in [5.74, 6) is -0.869. The van der Waals surface area contributed by atoms with Gasteiger partial charge in [-0.3, -0.25) is 0 Å². The van der Waals surface area contributed by atoms with E-state index in [2.05, 4.69) is 9.88 Å². The van der Waals surface area contributed by atoms with Gasteiger partial charge in [0, 0.05) is 36.7 Å². The largest absolute Gasteiger partial charge is 0.550 e. The van der Waals surface area contributed by atoms with Gasteiger partial charge in [0.05, 0.1) is 13.2 Å². The first-order chi connectivity index (χ1) is 13.2. The van der Waals surface area contributed by atoms with Crippen molar-refractivity contribution in [2.75, 3.05) is 31.2 Å². The molecule has 4 rings (SSSR count). The topological polar surface area (TPSA) is 78.6 Å². The number of ether oxygens (including phenoxy) is 1. The van der Waals surface area contributed by atoms with Gasteiger partial charge in [0.25, 0.3) is 0 Å². The van der Waals surface area contributed by atoms with E-state index in [1.54, 1.807) is 12.1 Å². The number of carboxylic acids is 1. The lowest BCUT2D eigenvalue weighted by atomic mass is 10.1. The fourth-order valence-corrected chi connectivity index (χ4v) is 3.16. The van der Waals surface area contributed by atoms with Crippen molar-refractivity contribution in [2.24, 2.45) is 0 Å². The number of carbonyl (C=O) groups is 1. The monoisotopic (exact) mass is 363 g/mol. The van der Waals surface area contributed by atoms with Crippen molar-refractivity contribution in [1.82, 2.24) is 4.98 Å². The molecule has 2 heterocycles. The summed E-state index contributed by atoms with van der Waals surface area (Å²) in [6.45, 7) is 3.20. The van der Waals surface area contributed by atoms with Crippen molar-refractivity contribution in [1.29, 1.82) is 0 Å². The van der Waals surface area contributed by atoms with Gasteiger partial charge in [-0.1, -0.05) is 24.3 Å². The van der Waals surface area contributed by atoms with Gasteiger partial charge < -0.3 is 24.0 Å². The second-order valence-electron chi connectivity index (χ2n) is 6.40. The lowest BCUT2D eigenvalue weighted by molar-refractivity contribution is -0.304. The highest BCUT2D eigenvalue weighted by Gasteiger charge is 2.13. The van der Waals surface area contributed by atoms with Crippen LogP contribution in [0.5, 0.6) is 0 Å². The number of para-hydroxylation sites is 2. The first-order valence-electron chi connectivity index (χ1n) is 8.88. The molecule has 1 aliphatic heterocycles. The molecule has 0 atom stereocenters. The molecule has 0 radical (unpaired) electrons. The molecule has 0 amide bonds. The van der Waals surface area contributed by atoms with Crippen LogP contribution in [-0.4, -0.2) is 37.3 Å². The van der Waals surface area contributed by atoms with Crippen LogP contribution >= 0.6 is 0 Å². The number of anilines is 1. The summed E-state index contributed by atoms with van der Waals surface area (Å²) in [5.41, 5.74) is 3.80. The van der Waals surface area contributed by atoms with Crippen molar-refractivity contribution >= 4 is 34.4 Å². The van der Waals surface area contributed by atoms with Gasteiger partial charge in [-0.15, -0.1) is 0 Å². The number of aromatic nitrogens is 1. The molecule has 0 spiro atoms. The molecule has 0 unspecified atom stereocenters. The summed E-state index contributed by atoms with van der Waals surface area (Å²) >= 11 is 0. The van der Waals surface area contributed by atoms with Crippen LogP contribution in [0.3, 0.4) is 0 Å². The molecule has 1 aliphatic rings. The highest BCUT2D eigenvalue weighted by atomic mass is 16.5. The van der Waals surface area contributed by atoms with E-state index in [0.717, 1.165) is 37.6 Å². The SMILES string of the molecule is O=C([O-])C/C(=C\c1ccc(N2CCOCC2)cc1)c1nc2ccccc2o1. The molecule has 0 saturated carbocycles. The maximum Gasteiger partial charge on any atom is 0.223 e. The van der Waals surface area contributed by atoms with Crippen LogP contribution in [0, 0.1) is 0 Å². The molecule has 3 aromatic rings. The zero-order valence-corrected chi connectivity index (χ0v) is 14.8. The molecule has 1 fully saturated rings. The average Bonchev–Trinajstić information content (AvgIpc) is 3.13. The molecule has 0 bridgehead atoms. The third-order valence-corrected chi connectivity index (χ3v) is 4.51. The molecule has 1 aromatic heterocycles. The van der Waals surface area contributed by atoms with Gasteiger partial charge in [0.15, 0.2) is 5.58 Å². The van der Waals surface area contributed by atoms with Gasteiger partial charge in [0.2, 0.25) is 5.89 Å². The third-order valence-electron chi connectivity index (χ3n) is 4.51. The van der Waals surface area contributed by atoms with Gasteiger partial charge in [-0.2, -0.15) is 0 Å². The van der Waals surface area contributed by atoms with Crippen molar-refractivity contribution in [3.05, 3.63) is 60.0 Å². The number of rotatable bonds is 5. The van der Waals surface area contributed by atoms with Crippen LogP contribution in [0.2, 0.25) is 0 Å². The van der Waals surface area contributed by atoms with Crippen LogP contribution in [-0.2, 0) is 9.53 Å². The Labute approximate surface area is 156 Å². The molecular weight excluding hydrogens is 344 g/mol. The maximum absolute atomic E-state index is 11.2. The van der Waals surface area contributed by atoms with E-state index in [0.29, 0.717) is 22.6 Å². The lowest BCUT2D eigenvalue weighted by Gasteiger charge is -2.28. The van der Waals surface area contributed by atoms with Crippen molar-refractivity contribution in [3.8, 4) is 0 Å². The van der Waals surface area contributed by atoms with E-state index in [9.17, 15) is 9.90 Å². The minimum absolute atomic E-state index is 0.266. The minimum atomic E-state index is -1.17. The Morgan fingerprint density at radius 1 is 1.11 bits per heavy atom. The fraction of sp³-hybridized carbons (Fsp3) is 0.238. The Balaban J connectivity index is 1.63. The van der Waals surface area contributed by atoms with Crippen LogP contribution in [0.1, 0.15) is 17.9 Å². The molecule has 27 heavy (non-hydrogen) atoms. The number of morpholine rings is 1. The van der Waals surface area contributed by atoms with E-state index in [-0.39, 0.29) is 6.42 Å². The third kappa shape index (κ3) is 4.01. The summed E-state index contributed by atoms with van der Waals surface area (Å²) < 4.78 is 11.1. The number of hydrogen-bond donors (Lipinski definition) is 0. The van der Waals surface area contributed by atoms with Crippen LogP contribution in [0.25, 0.3) is 22.7 Å². The summed E-state index contributed by atoms with van der Waals surface area (Å²) in [6, 6.07) is 15.3. The number of fused-ring (bicyclic) bond motifs is 1. The number of carbonyl (C=O) groups excluding carboxylic acids is 1. The van der Waals surface area contributed by atoms with E-state index in [1.165, 1.54) is 0 Å². The standard InChI is InChI=1S/C21H20N2O4/c24-20(25)14-16(21-22-18-3-1-2-4-19(18)27-21)13-15-5-7-17(8-6-15)23-9-11-26-12-10-23/h1-8,13H,9-12,14H2,(H,24,25)/p-1/b16-13+. The zero-order chi connectivity index (χ0) is 18.6. The number of aliphatic carboxylic acids is 1. The van der Waals surface area contributed by atoms with Crippen LogP contribution in [0.4, 0.5) is 5.69 Å². The molecule has 2 aromatic carbocycles. The number of carboxylic acid groups (broad SMARTS) is 1. The summed E-state index contributed by atoms with van der Waals surface area (Å²) in [5, 5.41) is 11.2. The normalized spacial score (nSPS) is 15.3. The van der Waals surface area contributed by atoms with E-state index in [1.807, 2.05) is 42.5 Å². The highest BCUT2D eigenvalue weighted by molar-refractivity contribution is 5.90. The first kappa shape index (κ1) is 17.3. The quantitative estimate of drug-likeness (QED) is 0.692. The van der Waals surface area contributed by atoms with Crippen LogP contribution < -0.4 is 10.0 Å². The van der Waals surface area contributed by atoms with Gasteiger partial charge in [-0.05, 0) is 35.9 Å². The summed E-state index contributed by atoms with van der Waals surface area (Å²) in [4.78, 5) is 17.9. The molecule has 138 valence electrons.